The van der Waals surface area contributed by atoms with E-state index in [1.54, 1.807) is 6.20 Å². The van der Waals surface area contributed by atoms with E-state index in [2.05, 4.69) is 16.4 Å². The van der Waals surface area contributed by atoms with Crippen molar-refractivity contribution in [3.63, 3.8) is 0 Å². The van der Waals surface area contributed by atoms with Crippen molar-refractivity contribution in [1.82, 2.24) is 10.3 Å². The Bertz CT molecular complexity index is 555. The van der Waals surface area contributed by atoms with Gasteiger partial charge in [0.25, 0.3) is 0 Å². The first-order chi connectivity index (χ1) is 8.63. The largest absolute Gasteiger partial charge is 0.309 e. The minimum Gasteiger partial charge on any atom is -0.309 e. The highest BCUT2D eigenvalue weighted by Crippen LogP contribution is 2.29. The van der Waals surface area contributed by atoms with E-state index in [1.807, 2.05) is 38.2 Å². The van der Waals surface area contributed by atoms with Crippen molar-refractivity contribution in [2.45, 2.75) is 13.0 Å². The third-order valence-electron chi connectivity index (χ3n) is 2.92. The van der Waals surface area contributed by atoms with Gasteiger partial charge in [0, 0.05) is 11.9 Å². The van der Waals surface area contributed by atoms with Crippen molar-refractivity contribution in [2.24, 2.45) is 0 Å². The molecule has 0 aliphatic rings. The van der Waals surface area contributed by atoms with Crippen LogP contribution in [-0.4, -0.2) is 12.0 Å². The lowest BCUT2D eigenvalue weighted by molar-refractivity contribution is 0.683. The summed E-state index contributed by atoms with van der Waals surface area (Å²) in [7, 11) is 1.92. The fourth-order valence-corrected chi connectivity index (χ4v) is 2.30. The van der Waals surface area contributed by atoms with Crippen LogP contribution in [0.25, 0.3) is 0 Å². The molecule has 18 heavy (non-hydrogen) atoms. The highest BCUT2D eigenvalue weighted by Gasteiger charge is 2.15. The minimum absolute atomic E-state index is 0.0634. The van der Waals surface area contributed by atoms with E-state index in [0.717, 1.165) is 16.8 Å². The van der Waals surface area contributed by atoms with E-state index in [0.29, 0.717) is 10.0 Å². The minimum atomic E-state index is 0.0634. The van der Waals surface area contributed by atoms with Gasteiger partial charge in [-0.2, -0.15) is 0 Å². The molecule has 0 bridgehead atoms. The summed E-state index contributed by atoms with van der Waals surface area (Å²) in [5.74, 6) is 0. The number of hydrogen-bond donors (Lipinski definition) is 1. The molecule has 4 heteroatoms. The molecule has 0 spiro atoms. The monoisotopic (exact) mass is 280 g/mol. The normalized spacial score (nSPS) is 12.4. The zero-order valence-electron chi connectivity index (χ0n) is 10.2. The third-order valence-corrected chi connectivity index (χ3v) is 3.66. The second-order valence-corrected chi connectivity index (χ2v) is 4.89. The molecule has 1 N–H and O–H groups in total. The summed E-state index contributed by atoms with van der Waals surface area (Å²) >= 11 is 12.0. The van der Waals surface area contributed by atoms with E-state index < -0.39 is 0 Å². The summed E-state index contributed by atoms with van der Waals surface area (Å²) < 4.78 is 0. The van der Waals surface area contributed by atoms with Crippen molar-refractivity contribution in [2.75, 3.05) is 7.05 Å². The summed E-state index contributed by atoms with van der Waals surface area (Å²) in [5.41, 5.74) is 3.21. The van der Waals surface area contributed by atoms with Crippen LogP contribution in [0.5, 0.6) is 0 Å². The van der Waals surface area contributed by atoms with Gasteiger partial charge >= 0.3 is 0 Å². The molecule has 1 unspecified atom stereocenters. The van der Waals surface area contributed by atoms with E-state index in [1.165, 1.54) is 0 Å². The molecule has 1 atom stereocenters. The summed E-state index contributed by atoms with van der Waals surface area (Å²) in [6.45, 7) is 2.00. The van der Waals surface area contributed by atoms with Gasteiger partial charge in [0.2, 0.25) is 0 Å². The predicted octanol–water partition coefficient (Wildman–Crippen LogP) is 4.01. The van der Waals surface area contributed by atoms with Crippen LogP contribution in [0.15, 0.2) is 36.5 Å². The van der Waals surface area contributed by atoms with Crippen LogP contribution in [0.4, 0.5) is 0 Å². The standard InChI is InChI=1S/C14H14Cl2N2/c1-9-11(4-3-7-18-9)14(17-2)10-5-6-12(15)13(16)8-10/h3-8,14,17H,1-2H3. The predicted molar refractivity (Wildman–Crippen MR) is 76.3 cm³/mol. The zero-order valence-corrected chi connectivity index (χ0v) is 11.8. The lowest BCUT2D eigenvalue weighted by atomic mass is 9.98. The van der Waals surface area contributed by atoms with E-state index in [4.69, 9.17) is 23.2 Å². The van der Waals surface area contributed by atoms with Gasteiger partial charge < -0.3 is 5.32 Å². The fraction of sp³-hybridized carbons (Fsp3) is 0.214. The van der Waals surface area contributed by atoms with Gasteiger partial charge in [-0.3, -0.25) is 4.98 Å². The van der Waals surface area contributed by atoms with Gasteiger partial charge in [0.15, 0.2) is 0 Å². The molecule has 0 radical (unpaired) electrons. The maximum Gasteiger partial charge on any atom is 0.0595 e. The Morgan fingerprint density at radius 1 is 1.17 bits per heavy atom. The summed E-state index contributed by atoms with van der Waals surface area (Å²) in [5, 5.41) is 4.41. The quantitative estimate of drug-likeness (QED) is 0.919. The van der Waals surface area contributed by atoms with Gasteiger partial charge in [-0.1, -0.05) is 35.3 Å². The average Bonchev–Trinajstić information content (AvgIpc) is 2.37. The summed E-state index contributed by atoms with van der Waals surface area (Å²) in [6.07, 6.45) is 1.79. The molecule has 0 aliphatic carbocycles. The Balaban J connectivity index is 2.45. The van der Waals surface area contributed by atoms with E-state index >= 15 is 0 Å². The molecule has 2 rings (SSSR count). The molecular weight excluding hydrogens is 267 g/mol. The molecule has 0 saturated heterocycles. The highest BCUT2D eigenvalue weighted by molar-refractivity contribution is 6.42. The molecule has 2 aromatic rings. The van der Waals surface area contributed by atoms with Gasteiger partial charge in [-0.25, -0.2) is 0 Å². The second-order valence-electron chi connectivity index (χ2n) is 4.07. The van der Waals surface area contributed by atoms with E-state index in [9.17, 15) is 0 Å². The van der Waals surface area contributed by atoms with Crippen LogP contribution >= 0.6 is 23.2 Å². The molecule has 0 amide bonds. The maximum absolute atomic E-state index is 6.07. The number of nitrogens with one attached hydrogen (secondary N) is 1. The van der Waals surface area contributed by atoms with Crippen LogP contribution in [0.3, 0.4) is 0 Å². The maximum atomic E-state index is 6.07. The molecule has 1 heterocycles. The molecule has 1 aromatic carbocycles. The Kier molecular flexibility index (Phi) is 4.23. The first-order valence-electron chi connectivity index (χ1n) is 5.67. The van der Waals surface area contributed by atoms with Crippen molar-refractivity contribution in [1.29, 1.82) is 0 Å². The topological polar surface area (TPSA) is 24.9 Å². The Hall–Kier alpha value is -1.09. The Morgan fingerprint density at radius 2 is 1.94 bits per heavy atom. The number of rotatable bonds is 3. The number of halogens is 2. The Labute approximate surface area is 117 Å². The van der Waals surface area contributed by atoms with Crippen LogP contribution < -0.4 is 5.32 Å². The highest BCUT2D eigenvalue weighted by atomic mass is 35.5. The van der Waals surface area contributed by atoms with Crippen molar-refractivity contribution in [3.8, 4) is 0 Å². The number of aromatic nitrogens is 1. The Morgan fingerprint density at radius 3 is 2.56 bits per heavy atom. The summed E-state index contributed by atoms with van der Waals surface area (Å²) in [6, 6.07) is 9.73. The molecular formula is C14H14Cl2N2. The average molecular weight is 281 g/mol. The molecule has 2 nitrogen and oxygen atoms in total. The fourth-order valence-electron chi connectivity index (χ4n) is 2.00. The molecule has 0 saturated carbocycles. The lowest BCUT2D eigenvalue weighted by Crippen LogP contribution is -2.19. The van der Waals surface area contributed by atoms with Gasteiger partial charge in [-0.15, -0.1) is 0 Å². The van der Waals surface area contributed by atoms with Crippen LogP contribution in [0.1, 0.15) is 22.9 Å². The van der Waals surface area contributed by atoms with Crippen LogP contribution in [0.2, 0.25) is 10.0 Å². The van der Waals surface area contributed by atoms with Gasteiger partial charge in [0.1, 0.15) is 0 Å². The molecule has 94 valence electrons. The smallest absolute Gasteiger partial charge is 0.0595 e. The lowest BCUT2D eigenvalue weighted by Gasteiger charge is -2.19. The number of pyridine rings is 1. The molecule has 1 aromatic heterocycles. The molecule has 0 aliphatic heterocycles. The summed E-state index contributed by atoms with van der Waals surface area (Å²) in [4.78, 5) is 4.31. The van der Waals surface area contributed by atoms with E-state index in [-0.39, 0.29) is 6.04 Å². The van der Waals surface area contributed by atoms with Crippen LogP contribution in [-0.2, 0) is 0 Å². The number of aryl methyl sites for hydroxylation is 1. The van der Waals surface area contributed by atoms with Crippen LogP contribution in [0, 0.1) is 6.92 Å². The number of hydrogen-bond acceptors (Lipinski definition) is 2. The second kappa shape index (κ2) is 5.70. The SMILES string of the molecule is CNC(c1ccc(Cl)c(Cl)c1)c1cccnc1C. The van der Waals surface area contributed by atoms with Gasteiger partial charge in [-0.05, 0) is 43.3 Å². The first-order valence-corrected chi connectivity index (χ1v) is 6.43. The first kappa shape index (κ1) is 13.3. The number of benzene rings is 1. The molecule has 0 fully saturated rings. The van der Waals surface area contributed by atoms with Crippen molar-refractivity contribution >= 4 is 23.2 Å². The van der Waals surface area contributed by atoms with Gasteiger partial charge in [0.05, 0.1) is 16.1 Å². The van der Waals surface area contributed by atoms with Crippen molar-refractivity contribution < 1.29 is 0 Å². The van der Waals surface area contributed by atoms with Crippen molar-refractivity contribution in [3.05, 3.63) is 63.4 Å². The third kappa shape index (κ3) is 2.66. The zero-order chi connectivity index (χ0) is 13.1. The number of nitrogens with zero attached hydrogens (tertiary/aromatic N) is 1.